The first-order valence-corrected chi connectivity index (χ1v) is 19.4. The van der Waals surface area contributed by atoms with Gasteiger partial charge in [-0.25, -0.2) is 4.98 Å². The zero-order valence-corrected chi connectivity index (χ0v) is 30.3. The fourth-order valence-electron chi connectivity index (χ4n) is 8.67. The molecule has 0 spiro atoms. The standard InChI is InChI=1S/C51H29N3S/c1-3-9-45-42(8-1)47-43(24-23-41-39-7-2-4-10-46(39)55-51(41)47)48(54-45)33-15-11-30(12-16-33)34-17-13-31-14-18-35-28-36(20-21-37(35)44(31)29-34)38-25-27-53-50-40(38)22-19-32-6-5-26-52-49(32)50/h1-29H. The van der Waals surface area contributed by atoms with Crippen LogP contribution in [0, 0.1) is 0 Å². The summed E-state index contributed by atoms with van der Waals surface area (Å²) in [5, 5.41) is 13.4. The molecule has 254 valence electrons. The van der Waals surface area contributed by atoms with Crippen LogP contribution in [0.15, 0.2) is 176 Å². The number of benzene rings is 8. The van der Waals surface area contributed by atoms with E-state index in [4.69, 9.17) is 9.97 Å². The average molecular weight is 716 g/mol. The Morgan fingerprint density at radius 1 is 0.382 bits per heavy atom. The zero-order valence-electron chi connectivity index (χ0n) is 29.5. The Balaban J connectivity index is 0.952. The summed E-state index contributed by atoms with van der Waals surface area (Å²) in [7, 11) is 0. The second-order valence-electron chi connectivity index (χ2n) is 14.4. The minimum atomic E-state index is 0.933. The predicted octanol–water partition coefficient (Wildman–Crippen LogP) is 14.2. The topological polar surface area (TPSA) is 38.7 Å². The molecule has 0 aliphatic heterocycles. The highest BCUT2D eigenvalue weighted by Gasteiger charge is 2.17. The van der Waals surface area contributed by atoms with Crippen molar-refractivity contribution in [2.24, 2.45) is 0 Å². The van der Waals surface area contributed by atoms with Gasteiger partial charge in [0.15, 0.2) is 0 Å². The van der Waals surface area contributed by atoms with Gasteiger partial charge in [-0.3, -0.25) is 9.97 Å². The monoisotopic (exact) mass is 715 g/mol. The molecule has 0 saturated carbocycles. The van der Waals surface area contributed by atoms with E-state index in [2.05, 4.69) is 163 Å². The average Bonchev–Trinajstić information content (AvgIpc) is 3.64. The fourth-order valence-corrected chi connectivity index (χ4v) is 9.93. The summed E-state index contributed by atoms with van der Waals surface area (Å²) < 4.78 is 2.64. The lowest BCUT2D eigenvalue weighted by molar-refractivity contribution is 1.37. The van der Waals surface area contributed by atoms with E-state index in [1.165, 1.54) is 74.6 Å². The highest BCUT2D eigenvalue weighted by molar-refractivity contribution is 7.26. The molecule has 0 aliphatic rings. The molecule has 55 heavy (non-hydrogen) atoms. The number of pyridine rings is 3. The molecule has 4 heterocycles. The van der Waals surface area contributed by atoms with Crippen molar-refractivity contribution in [3.05, 3.63) is 176 Å². The van der Waals surface area contributed by atoms with Crippen molar-refractivity contribution in [3.63, 3.8) is 0 Å². The summed E-state index contributed by atoms with van der Waals surface area (Å²) in [5.41, 5.74) is 9.73. The van der Waals surface area contributed by atoms with E-state index in [1.807, 2.05) is 29.8 Å². The van der Waals surface area contributed by atoms with Crippen LogP contribution in [0.3, 0.4) is 0 Å². The number of hydrogen-bond acceptors (Lipinski definition) is 4. The number of para-hydroxylation sites is 1. The van der Waals surface area contributed by atoms with Crippen molar-refractivity contribution in [2.75, 3.05) is 0 Å². The van der Waals surface area contributed by atoms with Crippen LogP contribution >= 0.6 is 11.3 Å². The lowest BCUT2D eigenvalue weighted by Crippen LogP contribution is -1.90. The molecule has 0 saturated heterocycles. The van der Waals surface area contributed by atoms with Crippen molar-refractivity contribution in [1.82, 2.24) is 15.0 Å². The predicted molar refractivity (Wildman–Crippen MR) is 234 cm³/mol. The second-order valence-corrected chi connectivity index (χ2v) is 15.4. The van der Waals surface area contributed by atoms with E-state index >= 15 is 0 Å². The molecule has 0 fully saturated rings. The van der Waals surface area contributed by atoms with Gasteiger partial charge in [-0.05, 0) is 80.2 Å². The largest absolute Gasteiger partial charge is 0.254 e. The highest BCUT2D eigenvalue weighted by atomic mass is 32.1. The first kappa shape index (κ1) is 30.5. The maximum absolute atomic E-state index is 5.27. The summed E-state index contributed by atoms with van der Waals surface area (Å²) in [5.74, 6) is 0. The van der Waals surface area contributed by atoms with Gasteiger partial charge in [0.2, 0.25) is 0 Å². The number of fused-ring (bicyclic) bond motifs is 13. The normalized spacial score (nSPS) is 12.0. The SMILES string of the molecule is c1cnc2c(c1)ccc1c(-c3ccc4c(ccc5ccc(-c6ccc(-c7nc8ccccc8c8c7ccc7c9ccccc9sc78)cc6)cc54)c3)ccnc12. The molecule has 4 heteroatoms. The molecule has 0 N–H and O–H groups in total. The van der Waals surface area contributed by atoms with Gasteiger partial charge in [0, 0.05) is 65.1 Å². The molecule has 8 aromatic carbocycles. The van der Waals surface area contributed by atoms with Crippen molar-refractivity contribution < 1.29 is 0 Å². The van der Waals surface area contributed by atoms with Crippen molar-refractivity contribution in [2.45, 2.75) is 0 Å². The van der Waals surface area contributed by atoms with Crippen LogP contribution in [-0.2, 0) is 0 Å². The number of nitrogens with zero attached hydrogens (tertiary/aromatic N) is 3. The first-order valence-electron chi connectivity index (χ1n) is 18.6. The van der Waals surface area contributed by atoms with E-state index in [1.54, 1.807) is 0 Å². The molecule has 0 atom stereocenters. The Hall–Kier alpha value is -7.01. The molecular formula is C51H29N3S. The summed E-state index contributed by atoms with van der Waals surface area (Å²) in [4.78, 5) is 14.7. The van der Waals surface area contributed by atoms with E-state index in [0.717, 1.165) is 44.1 Å². The lowest BCUT2D eigenvalue weighted by Gasteiger charge is -2.13. The quantitative estimate of drug-likeness (QED) is 0.171. The Morgan fingerprint density at radius 3 is 2.04 bits per heavy atom. The van der Waals surface area contributed by atoms with Gasteiger partial charge in [0.05, 0.1) is 22.2 Å². The van der Waals surface area contributed by atoms with Crippen molar-refractivity contribution in [3.8, 4) is 33.5 Å². The van der Waals surface area contributed by atoms with Crippen molar-refractivity contribution >= 4 is 96.5 Å². The summed E-state index contributed by atoms with van der Waals surface area (Å²) in [6.07, 6.45) is 3.74. The van der Waals surface area contributed by atoms with Crippen LogP contribution in [0.2, 0.25) is 0 Å². The van der Waals surface area contributed by atoms with E-state index in [9.17, 15) is 0 Å². The molecule has 12 aromatic rings. The minimum absolute atomic E-state index is 0.933. The second kappa shape index (κ2) is 11.7. The molecule has 0 amide bonds. The lowest BCUT2D eigenvalue weighted by atomic mass is 9.93. The van der Waals surface area contributed by atoms with Crippen LogP contribution in [-0.4, -0.2) is 15.0 Å². The van der Waals surface area contributed by atoms with Crippen LogP contribution in [0.25, 0.3) is 119 Å². The third-order valence-electron chi connectivity index (χ3n) is 11.3. The molecule has 3 nitrogen and oxygen atoms in total. The van der Waals surface area contributed by atoms with Gasteiger partial charge in [0.1, 0.15) is 0 Å². The Morgan fingerprint density at radius 2 is 1.09 bits per heavy atom. The summed E-state index contributed by atoms with van der Waals surface area (Å²) >= 11 is 1.88. The fraction of sp³-hybridized carbons (Fsp3) is 0. The molecule has 12 rings (SSSR count). The van der Waals surface area contributed by atoms with Gasteiger partial charge >= 0.3 is 0 Å². The van der Waals surface area contributed by atoms with Gasteiger partial charge in [-0.15, -0.1) is 11.3 Å². The molecular weight excluding hydrogens is 687 g/mol. The highest BCUT2D eigenvalue weighted by Crippen LogP contribution is 2.44. The summed E-state index contributed by atoms with van der Waals surface area (Å²) in [6, 6.07) is 59.4. The Labute approximate surface area is 319 Å². The Bertz CT molecular complexity index is 3550. The van der Waals surface area contributed by atoms with Crippen LogP contribution in [0.4, 0.5) is 0 Å². The third kappa shape index (κ3) is 4.65. The van der Waals surface area contributed by atoms with Gasteiger partial charge in [-0.2, -0.15) is 0 Å². The maximum Gasteiger partial charge on any atom is 0.0970 e. The number of aromatic nitrogens is 3. The number of hydrogen-bond donors (Lipinski definition) is 0. The third-order valence-corrected chi connectivity index (χ3v) is 12.5. The number of thiophene rings is 1. The van der Waals surface area contributed by atoms with Gasteiger partial charge < -0.3 is 0 Å². The minimum Gasteiger partial charge on any atom is -0.254 e. The molecule has 0 radical (unpaired) electrons. The summed E-state index contributed by atoms with van der Waals surface area (Å²) in [6.45, 7) is 0. The van der Waals surface area contributed by atoms with E-state index in [0.29, 0.717) is 0 Å². The molecule has 0 unspecified atom stereocenters. The Kier molecular flexibility index (Phi) is 6.50. The smallest absolute Gasteiger partial charge is 0.0970 e. The van der Waals surface area contributed by atoms with Gasteiger partial charge in [0.25, 0.3) is 0 Å². The van der Waals surface area contributed by atoms with Crippen LogP contribution in [0.1, 0.15) is 0 Å². The van der Waals surface area contributed by atoms with Gasteiger partial charge in [-0.1, -0.05) is 127 Å². The van der Waals surface area contributed by atoms with E-state index in [-0.39, 0.29) is 0 Å². The van der Waals surface area contributed by atoms with E-state index < -0.39 is 0 Å². The van der Waals surface area contributed by atoms with Crippen LogP contribution in [0.5, 0.6) is 0 Å². The van der Waals surface area contributed by atoms with Crippen molar-refractivity contribution in [1.29, 1.82) is 0 Å². The zero-order chi connectivity index (χ0) is 36.0. The molecule has 4 aromatic heterocycles. The maximum atomic E-state index is 5.27. The number of rotatable bonds is 3. The molecule has 0 aliphatic carbocycles. The van der Waals surface area contributed by atoms with Crippen LogP contribution < -0.4 is 0 Å². The first-order chi connectivity index (χ1) is 27.2. The molecule has 0 bridgehead atoms.